The smallest absolute Gasteiger partial charge is 0.407 e. The molecule has 2 aromatic rings. The maximum Gasteiger partial charge on any atom is 0.407 e. The highest BCUT2D eigenvalue weighted by molar-refractivity contribution is 5.76. The fourth-order valence-electron chi connectivity index (χ4n) is 4.80. The molecule has 2 aromatic carbocycles. The fraction of sp³-hybridized carbons (Fsp3) is 0.400. The SMILES string of the molecule is CC(C)(C)C1N(C(=O)O)CC=C(c2ccc(OCc3ccccc3)cc2)C1(C)C. The first-order valence-electron chi connectivity index (χ1n) is 10.1. The number of ether oxygens (including phenoxy) is 1. The Morgan fingerprint density at radius 1 is 1.10 bits per heavy atom. The molecule has 0 fully saturated rings. The predicted octanol–water partition coefficient (Wildman–Crippen LogP) is 6.08. The van der Waals surface area contributed by atoms with E-state index in [2.05, 4.69) is 52.8 Å². The van der Waals surface area contributed by atoms with Crippen molar-refractivity contribution in [1.82, 2.24) is 4.90 Å². The largest absolute Gasteiger partial charge is 0.489 e. The molecule has 29 heavy (non-hydrogen) atoms. The first-order chi connectivity index (χ1) is 13.6. The highest BCUT2D eigenvalue weighted by Crippen LogP contribution is 2.48. The number of amides is 1. The Labute approximate surface area is 173 Å². The molecule has 1 aliphatic rings. The van der Waals surface area contributed by atoms with Crippen LogP contribution < -0.4 is 4.74 Å². The molecule has 3 rings (SSSR count). The Balaban J connectivity index is 1.83. The van der Waals surface area contributed by atoms with Crippen molar-refractivity contribution in [1.29, 1.82) is 0 Å². The van der Waals surface area contributed by atoms with Crippen molar-refractivity contribution in [2.45, 2.75) is 47.3 Å². The van der Waals surface area contributed by atoms with Gasteiger partial charge in [-0.05, 0) is 34.2 Å². The lowest BCUT2D eigenvalue weighted by Crippen LogP contribution is -2.57. The van der Waals surface area contributed by atoms with Crippen LogP contribution >= 0.6 is 0 Å². The van der Waals surface area contributed by atoms with Gasteiger partial charge in [-0.25, -0.2) is 4.79 Å². The first kappa shape index (κ1) is 21.0. The number of benzene rings is 2. The Bertz CT molecular complexity index is 877. The molecular formula is C25H31NO3. The predicted molar refractivity (Wildman–Crippen MR) is 117 cm³/mol. The summed E-state index contributed by atoms with van der Waals surface area (Å²) in [7, 11) is 0. The molecule has 0 aromatic heterocycles. The van der Waals surface area contributed by atoms with Gasteiger partial charge in [0.05, 0.1) is 0 Å². The van der Waals surface area contributed by atoms with Gasteiger partial charge in [0.15, 0.2) is 0 Å². The third kappa shape index (κ3) is 4.47. The zero-order chi connectivity index (χ0) is 21.2. The highest BCUT2D eigenvalue weighted by atomic mass is 16.5. The van der Waals surface area contributed by atoms with Crippen molar-refractivity contribution >= 4 is 11.7 Å². The third-order valence-electron chi connectivity index (χ3n) is 5.66. The Hall–Kier alpha value is -2.75. The molecule has 4 heteroatoms. The number of carbonyl (C=O) groups is 1. The van der Waals surface area contributed by atoms with Gasteiger partial charge in [-0.3, -0.25) is 0 Å². The first-order valence-corrected chi connectivity index (χ1v) is 10.1. The van der Waals surface area contributed by atoms with Gasteiger partial charge in [0.2, 0.25) is 0 Å². The van der Waals surface area contributed by atoms with E-state index in [1.165, 1.54) is 5.57 Å². The van der Waals surface area contributed by atoms with Crippen LogP contribution in [-0.2, 0) is 6.61 Å². The summed E-state index contributed by atoms with van der Waals surface area (Å²) in [4.78, 5) is 13.4. The minimum Gasteiger partial charge on any atom is -0.489 e. The summed E-state index contributed by atoms with van der Waals surface area (Å²) in [5, 5.41) is 9.73. The lowest BCUT2D eigenvalue weighted by atomic mass is 9.63. The van der Waals surface area contributed by atoms with Crippen molar-refractivity contribution in [3.63, 3.8) is 0 Å². The van der Waals surface area contributed by atoms with Crippen molar-refractivity contribution in [2.75, 3.05) is 6.54 Å². The van der Waals surface area contributed by atoms with Crippen LogP contribution in [0, 0.1) is 10.8 Å². The van der Waals surface area contributed by atoms with E-state index in [-0.39, 0.29) is 16.9 Å². The highest BCUT2D eigenvalue weighted by Gasteiger charge is 2.48. The summed E-state index contributed by atoms with van der Waals surface area (Å²) in [6.45, 7) is 11.6. The average molecular weight is 394 g/mol. The molecule has 1 heterocycles. The molecule has 4 nitrogen and oxygen atoms in total. The monoisotopic (exact) mass is 393 g/mol. The zero-order valence-electron chi connectivity index (χ0n) is 18.0. The van der Waals surface area contributed by atoms with E-state index in [4.69, 9.17) is 4.74 Å². The van der Waals surface area contributed by atoms with E-state index in [1.54, 1.807) is 4.90 Å². The van der Waals surface area contributed by atoms with Crippen LogP contribution in [0.3, 0.4) is 0 Å². The lowest BCUT2D eigenvalue weighted by Gasteiger charge is -2.51. The van der Waals surface area contributed by atoms with Gasteiger partial charge in [0.1, 0.15) is 12.4 Å². The van der Waals surface area contributed by atoms with Crippen LogP contribution in [0.2, 0.25) is 0 Å². The maximum atomic E-state index is 11.9. The van der Waals surface area contributed by atoms with E-state index in [0.29, 0.717) is 13.2 Å². The quantitative estimate of drug-likeness (QED) is 0.684. The number of hydrogen-bond donors (Lipinski definition) is 1. The van der Waals surface area contributed by atoms with Gasteiger partial charge in [0.25, 0.3) is 0 Å². The molecule has 0 aliphatic carbocycles. The van der Waals surface area contributed by atoms with Crippen LogP contribution in [0.15, 0.2) is 60.7 Å². The molecule has 1 aliphatic heterocycles. The lowest BCUT2D eigenvalue weighted by molar-refractivity contribution is 0.0381. The Morgan fingerprint density at radius 2 is 1.72 bits per heavy atom. The molecule has 1 amide bonds. The standard InChI is InChI=1S/C25H31NO3/c1-24(2,3)22-25(4,5)21(15-16-26(22)23(27)28)19-11-13-20(14-12-19)29-17-18-9-7-6-8-10-18/h6-15,22H,16-17H2,1-5H3,(H,27,28). The van der Waals surface area contributed by atoms with Gasteiger partial charge >= 0.3 is 6.09 Å². The van der Waals surface area contributed by atoms with Crippen molar-refractivity contribution < 1.29 is 14.6 Å². The summed E-state index contributed by atoms with van der Waals surface area (Å²) >= 11 is 0. The Morgan fingerprint density at radius 3 is 2.28 bits per heavy atom. The normalized spacial score (nSPS) is 18.9. The van der Waals surface area contributed by atoms with Crippen molar-refractivity contribution in [2.24, 2.45) is 10.8 Å². The number of nitrogens with zero attached hydrogens (tertiary/aromatic N) is 1. The summed E-state index contributed by atoms with van der Waals surface area (Å²) in [5.41, 5.74) is 2.93. The summed E-state index contributed by atoms with van der Waals surface area (Å²) in [6.07, 6.45) is 1.19. The van der Waals surface area contributed by atoms with Crippen LogP contribution in [-0.4, -0.2) is 28.7 Å². The molecule has 1 atom stereocenters. The Kier molecular flexibility index (Phi) is 5.74. The average Bonchev–Trinajstić information content (AvgIpc) is 2.65. The minimum absolute atomic E-state index is 0.124. The fourth-order valence-corrected chi connectivity index (χ4v) is 4.80. The van der Waals surface area contributed by atoms with E-state index in [9.17, 15) is 9.90 Å². The third-order valence-corrected chi connectivity index (χ3v) is 5.66. The summed E-state index contributed by atoms with van der Waals surface area (Å²) in [5.74, 6) is 0.825. The van der Waals surface area contributed by atoms with Gasteiger partial charge in [-0.1, -0.05) is 83.2 Å². The summed E-state index contributed by atoms with van der Waals surface area (Å²) < 4.78 is 5.90. The van der Waals surface area contributed by atoms with E-state index >= 15 is 0 Å². The second kappa shape index (κ2) is 7.94. The molecule has 154 valence electrons. The number of carboxylic acid groups (broad SMARTS) is 1. The van der Waals surface area contributed by atoms with Gasteiger partial charge < -0.3 is 14.7 Å². The number of hydrogen-bond acceptors (Lipinski definition) is 2. The van der Waals surface area contributed by atoms with Gasteiger partial charge in [0, 0.05) is 18.0 Å². The van der Waals surface area contributed by atoms with Crippen LogP contribution in [0.25, 0.3) is 5.57 Å². The zero-order valence-corrected chi connectivity index (χ0v) is 18.0. The molecule has 0 bridgehead atoms. The van der Waals surface area contributed by atoms with Gasteiger partial charge in [-0.2, -0.15) is 0 Å². The molecule has 0 saturated heterocycles. The molecular weight excluding hydrogens is 362 g/mol. The summed E-state index contributed by atoms with van der Waals surface area (Å²) in [6, 6.07) is 18.1. The maximum absolute atomic E-state index is 11.9. The van der Waals surface area contributed by atoms with Gasteiger partial charge in [-0.15, -0.1) is 0 Å². The molecule has 1 unspecified atom stereocenters. The van der Waals surface area contributed by atoms with E-state index in [1.807, 2.05) is 42.5 Å². The molecule has 0 saturated carbocycles. The molecule has 1 N–H and O–H groups in total. The molecule has 0 spiro atoms. The molecule has 0 radical (unpaired) electrons. The van der Waals surface area contributed by atoms with Crippen LogP contribution in [0.5, 0.6) is 5.75 Å². The number of rotatable bonds is 4. The van der Waals surface area contributed by atoms with Crippen LogP contribution in [0.4, 0.5) is 4.79 Å². The van der Waals surface area contributed by atoms with Crippen LogP contribution in [0.1, 0.15) is 45.7 Å². The van der Waals surface area contributed by atoms with E-state index < -0.39 is 6.09 Å². The topological polar surface area (TPSA) is 49.8 Å². The minimum atomic E-state index is -0.863. The van der Waals surface area contributed by atoms with E-state index in [0.717, 1.165) is 16.9 Å². The second-order valence-electron chi connectivity index (χ2n) is 9.34. The second-order valence-corrected chi connectivity index (χ2v) is 9.34. The van der Waals surface area contributed by atoms with Crippen molar-refractivity contribution in [3.8, 4) is 5.75 Å². The van der Waals surface area contributed by atoms with Crippen molar-refractivity contribution in [3.05, 3.63) is 71.8 Å².